The molecule has 0 aliphatic heterocycles. The van der Waals surface area contributed by atoms with Crippen molar-refractivity contribution in [1.82, 2.24) is 9.97 Å². The van der Waals surface area contributed by atoms with Gasteiger partial charge in [0.2, 0.25) is 0 Å². The summed E-state index contributed by atoms with van der Waals surface area (Å²) in [6, 6.07) is 10.6. The van der Waals surface area contributed by atoms with Crippen molar-refractivity contribution in [1.29, 1.82) is 10.5 Å². The van der Waals surface area contributed by atoms with E-state index in [1.54, 1.807) is 36.5 Å². The third-order valence-electron chi connectivity index (χ3n) is 2.14. The van der Waals surface area contributed by atoms with E-state index in [2.05, 4.69) is 20.6 Å². The minimum absolute atomic E-state index is 0.420. The number of nitrogens with zero attached hydrogens (tertiary/aromatic N) is 4. The van der Waals surface area contributed by atoms with E-state index in [-0.39, 0.29) is 0 Å². The number of nitrogens with one attached hydrogen (secondary N) is 2. The maximum absolute atomic E-state index is 8.68. The van der Waals surface area contributed by atoms with Crippen LogP contribution in [0, 0.1) is 22.8 Å². The third-order valence-corrected chi connectivity index (χ3v) is 2.14. The molecule has 1 aromatic carbocycles. The van der Waals surface area contributed by atoms with Gasteiger partial charge in [0.15, 0.2) is 6.19 Å². The molecule has 86 valence electrons. The second-order valence-electron chi connectivity index (χ2n) is 3.34. The lowest BCUT2D eigenvalue weighted by Crippen LogP contribution is -1.97. The number of rotatable bonds is 3. The number of hydrogen-bond donors (Lipinski definition) is 2. The lowest BCUT2D eigenvalue weighted by molar-refractivity contribution is 1.17. The normalized spacial score (nSPS) is 9.00. The number of nitriles is 2. The number of hydrogen-bond acceptors (Lipinski definition) is 6. The summed E-state index contributed by atoms with van der Waals surface area (Å²) in [5, 5.41) is 22.6. The smallest absolute Gasteiger partial charge is 0.182 e. The summed E-state index contributed by atoms with van der Waals surface area (Å²) in [6.07, 6.45) is 3.14. The minimum atomic E-state index is 0.420. The molecular formula is C12H8N6. The van der Waals surface area contributed by atoms with Crippen molar-refractivity contribution in [3.8, 4) is 12.3 Å². The van der Waals surface area contributed by atoms with Crippen LogP contribution in [0.3, 0.4) is 0 Å². The summed E-state index contributed by atoms with van der Waals surface area (Å²) >= 11 is 0. The molecule has 0 aliphatic carbocycles. The van der Waals surface area contributed by atoms with Crippen molar-refractivity contribution in [3.63, 3.8) is 0 Å². The number of anilines is 3. The Balaban J connectivity index is 2.15. The van der Waals surface area contributed by atoms with E-state index in [0.717, 1.165) is 5.69 Å². The number of benzene rings is 1. The Bertz CT molecular complexity index is 620. The Morgan fingerprint density at radius 2 is 1.72 bits per heavy atom. The third kappa shape index (κ3) is 2.71. The molecular weight excluding hydrogens is 228 g/mol. The van der Waals surface area contributed by atoms with Crippen LogP contribution in [0.15, 0.2) is 36.7 Å². The van der Waals surface area contributed by atoms with Crippen LogP contribution in [0.25, 0.3) is 0 Å². The van der Waals surface area contributed by atoms with Gasteiger partial charge in [0.05, 0.1) is 11.6 Å². The molecule has 0 bridgehead atoms. The molecule has 0 aliphatic rings. The maximum atomic E-state index is 8.68. The molecule has 2 aromatic rings. The Hall–Kier alpha value is -3.12. The fourth-order valence-electron chi connectivity index (χ4n) is 1.33. The first-order chi connectivity index (χ1) is 8.81. The molecule has 2 N–H and O–H groups in total. The topological polar surface area (TPSA) is 97.4 Å². The SMILES string of the molecule is N#CNc1cc(Nc2ccc(C#N)cc2)ncn1. The van der Waals surface area contributed by atoms with Gasteiger partial charge < -0.3 is 5.32 Å². The minimum Gasteiger partial charge on any atom is -0.340 e. The van der Waals surface area contributed by atoms with Gasteiger partial charge in [0.25, 0.3) is 0 Å². The Kier molecular flexibility index (Phi) is 3.34. The molecule has 0 radical (unpaired) electrons. The van der Waals surface area contributed by atoms with Crippen LogP contribution in [-0.4, -0.2) is 9.97 Å². The van der Waals surface area contributed by atoms with E-state index in [9.17, 15) is 0 Å². The first-order valence-corrected chi connectivity index (χ1v) is 5.06. The van der Waals surface area contributed by atoms with Crippen LogP contribution in [-0.2, 0) is 0 Å². The van der Waals surface area contributed by atoms with Crippen molar-refractivity contribution >= 4 is 17.3 Å². The molecule has 0 amide bonds. The molecule has 1 heterocycles. The highest BCUT2D eigenvalue weighted by Gasteiger charge is 1.99. The molecule has 18 heavy (non-hydrogen) atoms. The molecule has 0 saturated carbocycles. The molecule has 0 atom stereocenters. The molecule has 1 aromatic heterocycles. The average Bonchev–Trinajstić information content (AvgIpc) is 2.40. The second kappa shape index (κ2) is 5.28. The zero-order valence-corrected chi connectivity index (χ0v) is 9.25. The monoisotopic (exact) mass is 236 g/mol. The summed E-state index contributed by atoms with van der Waals surface area (Å²) in [4.78, 5) is 7.89. The van der Waals surface area contributed by atoms with Gasteiger partial charge >= 0.3 is 0 Å². The van der Waals surface area contributed by atoms with E-state index in [4.69, 9.17) is 10.5 Å². The van der Waals surface area contributed by atoms with Gasteiger partial charge in [-0.3, -0.25) is 5.32 Å². The standard InChI is InChI=1S/C12H8N6/c13-6-9-1-3-10(4-2-9)18-12-5-11(15-7-14)16-8-17-12/h1-5,8H,(H2,15,16,17,18). The maximum Gasteiger partial charge on any atom is 0.182 e. The van der Waals surface area contributed by atoms with Gasteiger partial charge in [0, 0.05) is 11.8 Å². The van der Waals surface area contributed by atoms with Gasteiger partial charge in [0.1, 0.15) is 18.0 Å². The molecule has 0 unspecified atom stereocenters. The van der Waals surface area contributed by atoms with Crippen LogP contribution in [0.1, 0.15) is 5.56 Å². The van der Waals surface area contributed by atoms with Gasteiger partial charge in [-0.05, 0) is 24.3 Å². The molecule has 6 nitrogen and oxygen atoms in total. The van der Waals surface area contributed by atoms with Crippen molar-refractivity contribution in [2.75, 3.05) is 10.6 Å². The summed E-state index contributed by atoms with van der Waals surface area (Å²) in [5.74, 6) is 0.983. The molecule has 0 fully saturated rings. The average molecular weight is 236 g/mol. The van der Waals surface area contributed by atoms with E-state index in [0.29, 0.717) is 17.2 Å². The van der Waals surface area contributed by atoms with Crippen molar-refractivity contribution in [2.24, 2.45) is 0 Å². The lowest BCUT2D eigenvalue weighted by Gasteiger charge is -2.05. The van der Waals surface area contributed by atoms with E-state index >= 15 is 0 Å². The van der Waals surface area contributed by atoms with Crippen LogP contribution in [0.4, 0.5) is 17.3 Å². The second-order valence-corrected chi connectivity index (χ2v) is 3.34. The van der Waals surface area contributed by atoms with Crippen LogP contribution in [0.2, 0.25) is 0 Å². The predicted octanol–water partition coefficient (Wildman–Crippen LogP) is 1.98. The highest BCUT2D eigenvalue weighted by Crippen LogP contribution is 2.16. The summed E-state index contributed by atoms with van der Waals surface area (Å²) in [7, 11) is 0. The summed E-state index contributed by atoms with van der Waals surface area (Å²) < 4.78 is 0. The molecule has 0 saturated heterocycles. The van der Waals surface area contributed by atoms with Crippen molar-refractivity contribution in [3.05, 3.63) is 42.2 Å². The Morgan fingerprint density at radius 3 is 2.39 bits per heavy atom. The van der Waals surface area contributed by atoms with Gasteiger partial charge in [-0.2, -0.15) is 10.5 Å². The predicted molar refractivity (Wildman–Crippen MR) is 65.7 cm³/mol. The summed E-state index contributed by atoms with van der Waals surface area (Å²) in [6.45, 7) is 0. The first-order valence-electron chi connectivity index (χ1n) is 5.06. The van der Waals surface area contributed by atoms with Crippen LogP contribution < -0.4 is 10.6 Å². The fourth-order valence-corrected chi connectivity index (χ4v) is 1.33. The first kappa shape index (κ1) is 11.4. The zero-order valence-electron chi connectivity index (χ0n) is 9.25. The largest absolute Gasteiger partial charge is 0.340 e. The van der Waals surface area contributed by atoms with E-state index < -0.39 is 0 Å². The van der Waals surface area contributed by atoms with Gasteiger partial charge in [-0.1, -0.05) is 0 Å². The molecule has 0 spiro atoms. The quantitative estimate of drug-likeness (QED) is 0.624. The van der Waals surface area contributed by atoms with E-state index in [1.807, 2.05) is 6.07 Å². The molecule has 2 rings (SSSR count). The Labute approximate surface area is 104 Å². The fraction of sp³-hybridized carbons (Fsp3) is 0. The summed E-state index contributed by atoms with van der Waals surface area (Å²) in [5.41, 5.74) is 1.39. The lowest BCUT2D eigenvalue weighted by atomic mass is 10.2. The highest BCUT2D eigenvalue weighted by atomic mass is 15.1. The molecule has 6 heteroatoms. The van der Waals surface area contributed by atoms with E-state index in [1.165, 1.54) is 6.33 Å². The van der Waals surface area contributed by atoms with Gasteiger partial charge in [-0.25, -0.2) is 9.97 Å². The highest BCUT2D eigenvalue weighted by molar-refractivity contribution is 5.60. The Morgan fingerprint density at radius 1 is 1.00 bits per heavy atom. The van der Waals surface area contributed by atoms with Crippen LogP contribution >= 0.6 is 0 Å². The number of aromatic nitrogens is 2. The zero-order chi connectivity index (χ0) is 12.8. The van der Waals surface area contributed by atoms with Gasteiger partial charge in [-0.15, -0.1) is 0 Å². The van der Waals surface area contributed by atoms with Crippen molar-refractivity contribution in [2.45, 2.75) is 0 Å². The van der Waals surface area contributed by atoms with Crippen molar-refractivity contribution < 1.29 is 0 Å². The van der Waals surface area contributed by atoms with Crippen LogP contribution in [0.5, 0.6) is 0 Å².